The van der Waals surface area contributed by atoms with Gasteiger partial charge in [0.25, 0.3) is 11.8 Å². The van der Waals surface area contributed by atoms with Crippen LogP contribution in [0.1, 0.15) is 32.2 Å². The predicted molar refractivity (Wildman–Crippen MR) is 120 cm³/mol. The van der Waals surface area contributed by atoms with E-state index in [9.17, 15) is 9.59 Å². The van der Waals surface area contributed by atoms with Crippen LogP contribution < -0.4 is 15.6 Å². The largest absolute Gasteiger partial charge is 0.483 e. The number of carbonyl (C=O) groups is 2. The summed E-state index contributed by atoms with van der Waals surface area (Å²) < 4.78 is 5.56. The van der Waals surface area contributed by atoms with E-state index in [1.54, 1.807) is 23.5 Å². The summed E-state index contributed by atoms with van der Waals surface area (Å²) in [6.07, 6.45) is 0. The van der Waals surface area contributed by atoms with Gasteiger partial charge in [0.15, 0.2) is 6.61 Å². The van der Waals surface area contributed by atoms with Crippen molar-refractivity contribution in [2.45, 2.75) is 31.4 Å². The average Bonchev–Trinajstić information content (AvgIpc) is 3.16. The SMILES string of the molecule is Cc1ccc(C)c(OCC(=O)NNC(=O)c2ccccc2SCc2csc(C)n2)c1. The van der Waals surface area contributed by atoms with Gasteiger partial charge in [0, 0.05) is 16.0 Å². The zero-order valence-corrected chi connectivity index (χ0v) is 18.7. The smallest absolute Gasteiger partial charge is 0.276 e. The maximum absolute atomic E-state index is 12.6. The van der Waals surface area contributed by atoms with Crippen molar-refractivity contribution in [3.8, 4) is 5.75 Å². The van der Waals surface area contributed by atoms with E-state index in [2.05, 4.69) is 15.8 Å². The van der Waals surface area contributed by atoms with Crippen LogP contribution in [0.5, 0.6) is 5.75 Å². The molecule has 0 spiro atoms. The summed E-state index contributed by atoms with van der Waals surface area (Å²) in [5, 5.41) is 3.03. The Balaban J connectivity index is 1.53. The van der Waals surface area contributed by atoms with Crippen LogP contribution >= 0.6 is 23.1 Å². The number of benzene rings is 2. The third-order valence-corrected chi connectivity index (χ3v) is 6.12. The van der Waals surface area contributed by atoms with Crippen molar-refractivity contribution in [1.29, 1.82) is 0 Å². The van der Waals surface area contributed by atoms with E-state index < -0.39 is 5.91 Å². The van der Waals surface area contributed by atoms with Gasteiger partial charge in [0.2, 0.25) is 0 Å². The summed E-state index contributed by atoms with van der Waals surface area (Å²) in [5.74, 6) is 0.500. The minimum atomic E-state index is -0.438. The maximum atomic E-state index is 12.6. The monoisotopic (exact) mass is 441 g/mol. The first-order valence-electron chi connectivity index (χ1n) is 9.34. The number of hydrogen-bond donors (Lipinski definition) is 2. The molecule has 0 fully saturated rings. The van der Waals surface area contributed by atoms with Crippen LogP contribution in [0.15, 0.2) is 52.7 Å². The molecule has 0 saturated heterocycles. The molecule has 0 saturated carbocycles. The number of nitrogens with zero attached hydrogens (tertiary/aromatic N) is 1. The maximum Gasteiger partial charge on any atom is 0.276 e. The number of rotatable bonds is 7. The Labute approximate surface area is 184 Å². The van der Waals surface area contributed by atoms with Crippen LogP contribution in [0.25, 0.3) is 0 Å². The van der Waals surface area contributed by atoms with Gasteiger partial charge in [-0.05, 0) is 50.1 Å². The van der Waals surface area contributed by atoms with Crippen molar-refractivity contribution in [2.24, 2.45) is 0 Å². The fraction of sp³-hybridized carbons (Fsp3) is 0.227. The number of hydrazine groups is 1. The van der Waals surface area contributed by atoms with Gasteiger partial charge >= 0.3 is 0 Å². The van der Waals surface area contributed by atoms with Crippen molar-refractivity contribution in [3.63, 3.8) is 0 Å². The minimum absolute atomic E-state index is 0.190. The molecule has 0 aliphatic carbocycles. The van der Waals surface area contributed by atoms with Crippen molar-refractivity contribution < 1.29 is 14.3 Å². The zero-order valence-electron chi connectivity index (χ0n) is 17.0. The number of ether oxygens (including phenoxy) is 1. The first-order chi connectivity index (χ1) is 14.4. The summed E-state index contributed by atoms with van der Waals surface area (Å²) in [7, 11) is 0. The average molecular weight is 442 g/mol. The Kier molecular flexibility index (Phi) is 7.48. The molecule has 0 atom stereocenters. The zero-order chi connectivity index (χ0) is 21.5. The fourth-order valence-electron chi connectivity index (χ4n) is 2.64. The molecule has 2 amide bonds. The Hall–Kier alpha value is -2.84. The fourth-order valence-corrected chi connectivity index (χ4v) is 4.30. The molecule has 2 N–H and O–H groups in total. The van der Waals surface area contributed by atoms with Crippen LogP contribution in [0.2, 0.25) is 0 Å². The quantitative estimate of drug-likeness (QED) is 0.424. The van der Waals surface area contributed by atoms with E-state index in [0.717, 1.165) is 26.7 Å². The van der Waals surface area contributed by atoms with Gasteiger partial charge in [-0.3, -0.25) is 20.4 Å². The van der Waals surface area contributed by atoms with Gasteiger partial charge < -0.3 is 4.74 Å². The summed E-state index contributed by atoms with van der Waals surface area (Å²) in [4.78, 5) is 29.9. The molecule has 1 aromatic heterocycles. The van der Waals surface area contributed by atoms with E-state index in [-0.39, 0.29) is 12.5 Å². The number of hydrogen-bond acceptors (Lipinski definition) is 6. The number of aryl methyl sites for hydroxylation is 3. The lowest BCUT2D eigenvalue weighted by Crippen LogP contribution is -2.44. The summed E-state index contributed by atoms with van der Waals surface area (Å²) in [5.41, 5.74) is 8.33. The normalized spacial score (nSPS) is 10.5. The molecule has 6 nitrogen and oxygen atoms in total. The van der Waals surface area contributed by atoms with Gasteiger partial charge in [-0.2, -0.15) is 0 Å². The van der Waals surface area contributed by atoms with Gasteiger partial charge in [-0.1, -0.05) is 24.3 Å². The summed E-state index contributed by atoms with van der Waals surface area (Å²) >= 11 is 3.14. The molecule has 1 heterocycles. The van der Waals surface area contributed by atoms with E-state index >= 15 is 0 Å². The summed E-state index contributed by atoms with van der Waals surface area (Å²) in [6.45, 7) is 5.64. The van der Waals surface area contributed by atoms with Crippen LogP contribution in [0.3, 0.4) is 0 Å². The summed E-state index contributed by atoms with van der Waals surface area (Å²) in [6, 6.07) is 13.1. The van der Waals surface area contributed by atoms with Crippen LogP contribution in [-0.4, -0.2) is 23.4 Å². The molecule has 3 aromatic rings. The van der Waals surface area contributed by atoms with Gasteiger partial charge in [0.1, 0.15) is 5.75 Å². The standard InChI is InChI=1S/C22H23N3O3S2/c1-14-8-9-15(2)19(10-14)28-11-21(26)24-25-22(27)18-6-4-5-7-20(18)30-13-17-12-29-16(3)23-17/h4-10,12H,11,13H2,1-3H3,(H,24,26)(H,25,27). The molecule has 8 heteroatoms. The highest BCUT2D eigenvalue weighted by Gasteiger charge is 2.13. The molecule has 0 bridgehead atoms. The van der Waals surface area contributed by atoms with E-state index in [1.807, 2.05) is 56.5 Å². The van der Waals surface area contributed by atoms with Crippen molar-refractivity contribution in [3.05, 3.63) is 75.2 Å². The molecule has 0 radical (unpaired) electrons. The Morgan fingerprint density at radius 3 is 2.67 bits per heavy atom. The number of nitrogens with one attached hydrogen (secondary N) is 2. The van der Waals surface area contributed by atoms with E-state index in [1.165, 1.54) is 11.8 Å². The second kappa shape index (κ2) is 10.3. The Bertz CT molecular complexity index is 1050. The Morgan fingerprint density at radius 1 is 1.10 bits per heavy atom. The van der Waals surface area contributed by atoms with Crippen molar-refractivity contribution >= 4 is 34.9 Å². The first kappa shape index (κ1) is 21.9. The van der Waals surface area contributed by atoms with Crippen LogP contribution in [0.4, 0.5) is 0 Å². The molecular formula is C22H23N3O3S2. The predicted octanol–water partition coefficient (Wildman–Crippen LogP) is 4.20. The molecule has 156 valence electrons. The van der Waals surface area contributed by atoms with Crippen LogP contribution in [-0.2, 0) is 10.5 Å². The molecule has 0 aliphatic heterocycles. The van der Waals surface area contributed by atoms with Crippen LogP contribution in [0, 0.1) is 20.8 Å². The first-order valence-corrected chi connectivity index (χ1v) is 11.2. The lowest BCUT2D eigenvalue weighted by molar-refractivity contribution is -0.123. The number of aromatic nitrogens is 1. The number of carbonyl (C=O) groups excluding carboxylic acids is 2. The second-order valence-corrected chi connectivity index (χ2v) is 8.78. The van der Waals surface area contributed by atoms with Crippen molar-refractivity contribution in [2.75, 3.05) is 6.61 Å². The molecule has 0 unspecified atom stereocenters. The highest BCUT2D eigenvalue weighted by molar-refractivity contribution is 7.98. The molecule has 2 aromatic carbocycles. The van der Waals surface area contributed by atoms with E-state index in [0.29, 0.717) is 17.1 Å². The van der Waals surface area contributed by atoms with Gasteiger partial charge in [-0.25, -0.2) is 4.98 Å². The second-order valence-electron chi connectivity index (χ2n) is 6.70. The third-order valence-electron chi connectivity index (χ3n) is 4.19. The van der Waals surface area contributed by atoms with Gasteiger partial charge in [-0.15, -0.1) is 23.1 Å². The third kappa shape index (κ3) is 6.08. The topological polar surface area (TPSA) is 80.3 Å². The minimum Gasteiger partial charge on any atom is -0.483 e. The number of amides is 2. The van der Waals surface area contributed by atoms with Gasteiger partial charge in [0.05, 0.1) is 16.3 Å². The number of thioether (sulfide) groups is 1. The molecule has 30 heavy (non-hydrogen) atoms. The highest BCUT2D eigenvalue weighted by Crippen LogP contribution is 2.26. The molecule has 0 aliphatic rings. The van der Waals surface area contributed by atoms with Crippen molar-refractivity contribution in [1.82, 2.24) is 15.8 Å². The van der Waals surface area contributed by atoms with E-state index in [4.69, 9.17) is 4.74 Å². The molecule has 3 rings (SSSR count). The highest BCUT2D eigenvalue weighted by atomic mass is 32.2. The Morgan fingerprint density at radius 2 is 1.90 bits per heavy atom. The molecular weight excluding hydrogens is 418 g/mol. The number of thiazole rings is 1. The lowest BCUT2D eigenvalue weighted by Gasteiger charge is -2.12. The lowest BCUT2D eigenvalue weighted by atomic mass is 10.1.